The van der Waals surface area contributed by atoms with E-state index in [1.54, 1.807) is 12.1 Å². The standard InChI is InChI=1S/C15H21NO3/c1-2-10-3-6-14(18)13(7-10)15(19)16-8-12(9-17)11-4-5-11/h3,6-7,11-12,17-18H,2,4-5,8-9H2,1H3,(H,16,19). The smallest absolute Gasteiger partial charge is 0.255 e. The maximum Gasteiger partial charge on any atom is 0.255 e. The summed E-state index contributed by atoms with van der Waals surface area (Å²) >= 11 is 0. The molecule has 2 rings (SSSR count). The molecule has 104 valence electrons. The number of nitrogens with one attached hydrogen (secondary N) is 1. The number of phenols is 1. The van der Waals surface area contributed by atoms with Crippen LogP contribution in [0.15, 0.2) is 18.2 Å². The zero-order valence-corrected chi connectivity index (χ0v) is 11.2. The molecule has 1 amide bonds. The maximum absolute atomic E-state index is 12.0. The molecule has 0 heterocycles. The molecule has 1 aliphatic rings. The zero-order chi connectivity index (χ0) is 13.8. The van der Waals surface area contributed by atoms with Crippen LogP contribution in [-0.2, 0) is 6.42 Å². The number of aliphatic hydroxyl groups is 1. The van der Waals surface area contributed by atoms with Crippen LogP contribution < -0.4 is 5.32 Å². The van der Waals surface area contributed by atoms with Gasteiger partial charge in [-0.15, -0.1) is 0 Å². The molecule has 19 heavy (non-hydrogen) atoms. The summed E-state index contributed by atoms with van der Waals surface area (Å²) in [6, 6.07) is 5.08. The van der Waals surface area contributed by atoms with Crippen molar-refractivity contribution in [3.05, 3.63) is 29.3 Å². The average molecular weight is 263 g/mol. The highest BCUT2D eigenvalue weighted by atomic mass is 16.3. The summed E-state index contributed by atoms with van der Waals surface area (Å²) in [5.41, 5.74) is 1.33. The van der Waals surface area contributed by atoms with Crippen molar-refractivity contribution in [1.29, 1.82) is 0 Å². The Bertz CT molecular complexity index is 455. The monoisotopic (exact) mass is 263 g/mol. The number of rotatable bonds is 6. The van der Waals surface area contributed by atoms with Crippen molar-refractivity contribution in [2.45, 2.75) is 26.2 Å². The molecular formula is C15H21NO3. The highest BCUT2D eigenvalue weighted by Crippen LogP contribution is 2.36. The van der Waals surface area contributed by atoms with Crippen LogP contribution in [0.2, 0.25) is 0 Å². The van der Waals surface area contributed by atoms with Crippen molar-refractivity contribution < 1.29 is 15.0 Å². The molecule has 1 aromatic carbocycles. The van der Waals surface area contributed by atoms with Crippen molar-refractivity contribution in [1.82, 2.24) is 5.32 Å². The summed E-state index contributed by atoms with van der Waals surface area (Å²) in [5, 5.41) is 21.8. The first-order chi connectivity index (χ1) is 9.15. The van der Waals surface area contributed by atoms with Crippen LogP contribution in [0.25, 0.3) is 0 Å². The van der Waals surface area contributed by atoms with Gasteiger partial charge in [0.25, 0.3) is 5.91 Å². The van der Waals surface area contributed by atoms with Crippen LogP contribution in [0.5, 0.6) is 5.75 Å². The number of amides is 1. The quantitative estimate of drug-likeness (QED) is 0.731. The fraction of sp³-hybridized carbons (Fsp3) is 0.533. The van der Waals surface area contributed by atoms with Gasteiger partial charge in [0.15, 0.2) is 0 Å². The van der Waals surface area contributed by atoms with E-state index in [9.17, 15) is 15.0 Å². The zero-order valence-electron chi connectivity index (χ0n) is 11.2. The lowest BCUT2D eigenvalue weighted by molar-refractivity contribution is 0.0934. The molecule has 4 heteroatoms. The molecule has 3 N–H and O–H groups in total. The van der Waals surface area contributed by atoms with Crippen LogP contribution in [-0.4, -0.2) is 29.3 Å². The van der Waals surface area contributed by atoms with Gasteiger partial charge in [-0.05, 0) is 42.9 Å². The Morgan fingerprint density at radius 1 is 1.47 bits per heavy atom. The van der Waals surface area contributed by atoms with Gasteiger partial charge in [0.2, 0.25) is 0 Å². The lowest BCUT2D eigenvalue weighted by Gasteiger charge is -2.14. The Kier molecular flexibility index (Phi) is 4.43. The summed E-state index contributed by atoms with van der Waals surface area (Å²) in [4.78, 5) is 12.0. The molecule has 0 saturated heterocycles. The molecule has 1 aliphatic carbocycles. The third-order valence-electron chi connectivity index (χ3n) is 3.76. The third-order valence-corrected chi connectivity index (χ3v) is 3.76. The SMILES string of the molecule is CCc1ccc(O)c(C(=O)NCC(CO)C2CC2)c1. The molecule has 4 nitrogen and oxygen atoms in total. The second kappa shape index (κ2) is 6.06. The predicted octanol–water partition coefficient (Wildman–Crippen LogP) is 1.70. The number of aryl methyl sites for hydroxylation is 1. The summed E-state index contributed by atoms with van der Waals surface area (Å²) in [6.07, 6.45) is 3.09. The summed E-state index contributed by atoms with van der Waals surface area (Å²) < 4.78 is 0. The topological polar surface area (TPSA) is 69.6 Å². The Hall–Kier alpha value is -1.55. The first-order valence-corrected chi connectivity index (χ1v) is 6.86. The fourth-order valence-electron chi connectivity index (χ4n) is 2.25. The van der Waals surface area contributed by atoms with Gasteiger partial charge in [0, 0.05) is 19.1 Å². The number of hydrogen-bond donors (Lipinski definition) is 3. The molecule has 0 spiro atoms. The summed E-state index contributed by atoms with van der Waals surface area (Å²) in [5.74, 6) is 0.412. The van der Waals surface area contributed by atoms with Crippen molar-refractivity contribution in [3.63, 3.8) is 0 Å². The Morgan fingerprint density at radius 2 is 2.21 bits per heavy atom. The minimum Gasteiger partial charge on any atom is -0.507 e. The molecule has 0 aromatic heterocycles. The third kappa shape index (κ3) is 3.47. The number of hydrogen-bond acceptors (Lipinski definition) is 3. The van der Waals surface area contributed by atoms with Crippen LogP contribution in [0.3, 0.4) is 0 Å². The van der Waals surface area contributed by atoms with Gasteiger partial charge in [-0.2, -0.15) is 0 Å². The Morgan fingerprint density at radius 3 is 2.79 bits per heavy atom. The van der Waals surface area contributed by atoms with Gasteiger partial charge in [-0.1, -0.05) is 13.0 Å². The first kappa shape index (κ1) is 13.9. The number of phenolic OH excluding ortho intramolecular Hbond substituents is 1. The highest BCUT2D eigenvalue weighted by Gasteiger charge is 2.30. The minimum atomic E-state index is -0.271. The van der Waals surface area contributed by atoms with Crippen LogP contribution in [0, 0.1) is 11.8 Å². The van der Waals surface area contributed by atoms with Gasteiger partial charge in [-0.3, -0.25) is 4.79 Å². The second-order valence-electron chi connectivity index (χ2n) is 5.20. The predicted molar refractivity (Wildman–Crippen MR) is 73.1 cm³/mol. The normalized spacial score (nSPS) is 16.1. The first-order valence-electron chi connectivity index (χ1n) is 6.86. The Labute approximate surface area is 113 Å². The molecule has 0 bridgehead atoms. The van der Waals surface area contributed by atoms with E-state index < -0.39 is 0 Å². The maximum atomic E-state index is 12.0. The lowest BCUT2D eigenvalue weighted by atomic mass is 10.0. The van der Waals surface area contributed by atoms with Gasteiger partial charge >= 0.3 is 0 Å². The van der Waals surface area contributed by atoms with E-state index in [0.29, 0.717) is 18.0 Å². The van der Waals surface area contributed by atoms with E-state index in [2.05, 4.69) is 5.32 Å². The fourth-order valence-corrected chi connectivity index (χ4v) is 2.25. The second-order valence-corrected chi connectivity index (χ2v) is 5.20. The van der Waals surface area contributed by atoms with Gasteiger partial charge < -0.3 is 15.5 Å². The number of carbonyl (C=O) groups excluding carboxylic acids is 1. The molecule has 1 unspecified atom stereocenters. The molecular weight excluding hydrogens is 242 g/mol. The molecule has 0 radical (unpaired) electrons. The molecule has 0 aliphatic heterocycles. The van der Waals surface area contributed by atoms with E-state index in [1.165, 1.54) is 0 Å². The van der Waals surface area contributed by atoms with Gasteiger partial charge in [0.1, 0.15) is 5.75 Å². The number of carbonyl (C=O) groups is 1. The molecule has 1 atom stereocenters. The van der Waals surface area contributed by atoms with E-state index in [0.717, 1.165) is 24.8 Å². The molecule has 1 aromatic rings. The van der Waals surface area contributed by atoms with Crippen molar-refractivity contribution in [2.24, 2.45) is 11.8 Å². The van der Waals surface area contributed by atoms with E-state index in [1.807, 2.05) is 13.0 Å². The number of aromatic hydroxyl groups is 1. The average Bonchev–Trinajstić information content (AvgIpc) is 3.24. The highest BCUT2D eigenvalue weighted by molar-refractivity contribution is 5.97. The number of benzene rings is 1. The van der Waals surface area contributed by atoms with Crippen LogP contribution in [0.1, 0.15) is 35.7 Å². The number of aliphatic hydroxyl groups excluding tert-OH is 1. The van der Waals surface area contributed by atoms with Gasteiger partial charge in [-0.25, -0.2) is 0 Å². The van der Waals surface area contributed by atoms with Crippen molar-refractivity contribution in [2.75, 3.05) is 13.2 Å². The van der Waals surface area contributed by atoms with Crippen LogP contribution >= 0.6 is 0 Å². The van der Waals surface area contributed by atoms with E-state index in [4.69, 9.17) is 0 Å². The minimum absolute atomic E-state index is 0.00155. The van der Waals surface area contributed by atoms with E-state index in [-0.39, 0.29) is 24.2 Å². The van der Waals surface area contributed by atoms with Crippen LogP contribution in [0.4, 0.5) is 0 Å². The lowest BCUT2D eigenvalue weighted by Crippen LogP contribution is -2.31. The van der Waals surface area contributed by atoms with Crippen molar-refractivity contribution >= 4 is 5.91 Å². The summed E-state index contributed by atoms with van der Waals surface area (Å²) in [7, 11) is 0. The van der Waals surface area contributed by atoms with E-state index >= 15 is 0 Å². The molecule has 1 fully saturated rings. The largest absolute Gasteiger partial charge is 0.507 e. The molecule has 1 saturated carbocycles. The van der Waals surface area contributed by atoms with Gasteiger partial charge in [0.05, 0.1) is 5.56 Å². The van der Waals surface area contributed by atoms with Crippen molar-refractivity contribution in [3.8, 4) is 5.75 Å². The summed E-state index contributed by atoms with van der Waals surface area (Å²) in [6.45, 7) is 2.57. The Balaban J connectivity index is 1.98.